The van der Waals surface area contributed by atoms with Gasteiger partial charge in [-0.25, -0.2) is 12.1 Å². The molecule has 0 atom stereocenters. The Morgan fingerprint density at radius 3 is 2.00 bits per heavy atom. The summed E-state index contributed by atoms with van der Waals surface area (Å²) in [7, 11) is 0. The van der Waals surface area contributed by atoms with Crippen LogP contribution in [0.4, 0.5) is 0 Å². The SMILES string of the molecule is OC(=C1C=CC=C1)c1ccccc1O.[Fe].c1cc[cH-]c1. The van der Waals surface area contributed by atoms with Crippen LogP contribution in [0, 0.1) is 0 Å². The normalized spacial score (nSPS) is 11.5. The third-order valence-electron chi connectivity index (χ3n) is 2.65. The van der Waals surface area contributed by atoms with E-state index < -0.39 is 0 Å². The second kappa shape index (κ2) is 8.15. The van der Waals surface area contributed by atoms with Gasteiger partial charge in [-0.3, -0.25) is 0 Å². The molecule has 0 fully saturated rings. The maximum atomic E-state index is 9.82. The Morgan fingerprint density at radius 2 is 1.50 bits per heavy atom. The molecule has 0 saturated carbocycles. The molecule has 0 aromatic heterocycles. The second-order valence-electron chi connectivity index (χ2n) is 4.00. The third-order valence-corrected chi connectivity index (χ3v) is 2.65. The van der Waals surface area contributed by atoms with Crippen LogP contribution in [0.2, 0.25) is 0 Å². The molecule has 2 aromatic rings. The molecule has 1 aliphatic rings. The molecular weight excluding hydrogens is 292 g/mol. The van der Waals surface area contributed by atoms with Gasteiger partial charge in [0.05, 0.1) is 5.56 Å². The zero-order valence-electron chi connectivity index (χ0n) is 10.8. The summed E-state index contributed by atoms with van der Waals surface area (Å²) in [5.41, 5.74) is 1.17. The van der Waals surface area contributed by atoms with E-state index in [1.807, 2.05) is 42.5 Å². The molecule has 0 heterocycles. The van der Waals surface area contributed by atoms with Crippen LogP contribution in [0.3, 0.4) is 0 Å². The zero-order valence-corrected chi connectivity index (χ0v) is 11.9. The number of aliphatic hydroxyl groups excluding tert-OH is 1. The predicted molar refractivity (Wildman–Crippen MR) is 78.0 cm³/mol. The van der Waals surface area contributed by atoms with Crippen LogP contribution in [-0.4, -0.2) is 10.2 Å². The Balaban J connectivity index is 0.000000283. The standard InChI is InChI=1S/C12H10O2.C5H5.Fe/c13-11-8-4-3-7-10(11)12(14)9-5-1-2-6-9;1-2-4-5-3-1;/h1-8,13-14H;1-5H;/q;-1;. The van der Waals surface area contributed by atoms with Crippen molar-refractivity contribution >= 4 is 5.76 Å². The minimum Gasteiger partial charge on any atom is -0.507 e. The molecule has 2 N–H and O–H groups in total. The number of aromatic hydroxyl groups is 1. The first-order valence-electron chi connectivity index (χ1n) is 6.02. The van der Waals surface area contributed by atoms with Gasteiger partial charge in [0.15, 0.2) is 0 Å². The number of para-hydroxylation sites is 1. The van der Waals surface area contributed by atoms with Gasteiger partial charge in [-0.05, 0) is 12.1 Å². The van der Waals surface area contributed by atoms with Crippen LogP contribution in [0.1, 0.15) is 5.56 Å². The molecule has 3 rings (SSSR count). The smallest absolute Gasteiger partial charge is 0.133 e. The Hall–Kier alpha value is -2.09. The van der Waals surface area contributed by atoms with E-state index in [0.29, 0.717) is 11.1 Å². The Labute approximate surface area is 129 Å². The van der Waals surface area contributed by atoms with Crippen molar-refractivity contribution in [2.45, 2.75) is 0 Å². The molecule has 0 saturated heterocycles. The van der Waals surface area contributed by atoms with Gasteiger partial charge >= 0.3 is 0 Å². The topological polar surface area (TPSA) is 40.5 Å². The van der Waals surface area contributed by atoms with Gasteiger partial charge in [0.25, 0.3) is 0 Å². The first-order chi connectivity index (χ1) is 9.29. The van der Waals surface area contributed by atoms with E-state index in [2.05, 4.69) is 0 Å². The van der Waals surface area contributed by atoms with E-state index in [1.54, 1.807) is 36.4 Å². The summed E-state index contributed by atoms with van der Waals surface area (Å²) in [6.45, 7) is 0. The Kier molecular flexibility index (Phi) is 6.51. The van der Waals surface area contributed by atoms with E-state index in [-0.39, 0.29) is 28.6 Å². The molecule has 2 nitrogen and oxygen atoms in total. The van der Waals surface area contributed by atoms with Gasteiger partial charge in [0, 0.05) is 22.6 Å². The van der Waals surface area contributed by atoms with Crippen LogP contribution in [0.5, 0.6) is 5.75 Å². The number of allylic oxidation sites excluding steroid dienone is 5. The fraction of sp³-hybridized carbons (Fsp3) is 0. The van der Waals surface area contributed by atoms with Crippen molar-refractivity contribution in [2.75, 3.05) is 0 Å². The number of aliphatic hydroxyl groups is 1. The van der Waals surface area contributed by atoms with Crippen LogP contribution in [0.25, 0.3) is 5.76 Å². The summed E-state index contributed by atoms with van der Waals surface area (Å²) in [4.78, 5) is 0. The summed E-state index contributed by atoms with van der Waals surface area (Å²) in [6.07, 6.45) is 7.26. The van der Waals surface area contributed by atoms with Crippen molar-refractivity contribution in [3.8, 4) is 5.75 Å². The van der Waals surface area contributed by atoms with Crippen molar-refractivity contribution in [1.82, 2.24) is 0 Å². The van der Waals surface area contributed by atoms with E-state index in [9.17, 15) is 10.2 Å². The van der Waals surface area contributed by atoms with Crippen LogP contribution in [-0.2, 0) is 17.1 Å². The quantitative estimate of drug-likeness (QED) is 0.471. The van der Waals surface area contributed by atoms with Crippen molar-refractivity contribution in [3.05, 3.63) is 90.0 Å². The first-order valence-corrected chi connectivity index (χ1v) is 6.02. The van der Waals surface area contributed by atoms with Gasteiger partial charge < -0.3 is 10.2 Å². The average Bonchev–Trinajstić information content (AvgIpc) is 3.14. The molecule has 0 spiro atoms. The summed E-state index contributed by atoms with van der Waals surface area (Å²) in [5, 5.41) is 19.3. The number of phenols is 1. The summed E-state index contributed by atoms with van der Waals surface area (Å²) in [6, 6.07) is 16.7. The third kappa shape index (κ3) is 4.23. The summed E-state index contributed by atoms with van der Waals surface area (Å²) in [5.74, 6) is 0.194. The minimum atomic E-state index is 0. The van der Waals surface area contributed by atoms with Gasteiger partial charge in [0.1, 0.15) is 11.5 Å². The summed E-state index contributed by atoms with van der Waals surface area (Å²) < 4.78 is 0. The monoisotopic (exact) mass is 307 g/mol. The van der Waals surface area contributed by atoms with Crippen LogP contribution in [0.15, 0.2) is 84.5 Å². The molecule has 0 unspecified atom stereocenters. The predicted octanol–water partition coefficient (Wildman–Crippen LogP) is 4.19. The summed E-state index contributed by atoms with van der Waals surface area (Å²) >= 11 is 0. The number of hydrogen-bond acceptors (Lipinski definition) is 2. The van der Waals surface area contributed by atoms with Crippen LogP contribution < -0.4 is 0 Å². The number of rotatable bonds is 1. The molecule has 0 bridgehead atoms. The average molecular weight is 307 g/mol. The molecular formula is C17H15FeO2-. The van der Waals surface area contributed by atoms with E-state index in [1.165, 1.54) is 0 Å². The Morgan fingerprint density at radius 1 is 0.900 bits per heavy atom. The van der Waals surface area contributed by atoms with Gasteiger partial charge in [0.2, 0.25) is 0 Å². The van der Waals surface area contributed by atoms with Crippen molar-refractivity contribution < 1.29 is 27.3 Å². The van der Waals surface area contributed by atoms with Crippen molar-refractivity contribution in [2.24, 2.45) is 0 Å². The minimum absolute atomic E-state index is 0. The Bertz CT molecular complexity index is 576. The molecule has 104 valence electrons. The van der Waals surface area contributed by atoms with Gasteiger partial charge in [-0.15, -0.1) is 0 Å². The maximum Gasteiger partial charge on any atom is 0.133 e. The molecule has 3 heteroatoms. The molecule has 1 aliphatic carbocycles. The van der Waals surface area contributed by atoms with Gasteiger partial charge in [-0.1, -0.05) is 36.4 Å². The molecule has 2 aromatic carbocycles. The van der Waals surface area contributed by atoms with E-state index in [0.717, 1.165) is 0 Å². The van der Waals surface area contributed by atoms with Crippen LogP contribution >= 0.6 is 0 Å². The van der Waals surface area contributed by atoms with E-state index in [4.69, 9.17) is 0 Å². The molecule has 0 aliphatic heterocycles. The largest absolute Gasteiger partial charge is 0.507 e. The fourth-order valence-electron chi connectivity index (χ4n) is 1.68. The maximum absolute atomic E-state index is 9.82. The first kappa shape index (κ1) is 16.0. The molecule has 20 heavy (non-hydrogen) atoms. The van der Waals surface area contributed by atoms with Crippen molar-refractivity contribution in [1.29, 1.82) is 0 Å². The van der Waals surface area contributed by atoms with Gasteiger partial charge in [-0.2, -0.15) is 18.2 Å². The van der Waals surface area contributed by atoms with E-state index >= 15 is 0 Å². The number of phenolic OH excluding ortho intramolecular Hbond substituents is 1. The molecule has 0 amide bonds. The van der Waals surface area contributed by atoms with Crippen molar-refractivity contribution in [3.63, 3.8) is 0 Å². The number of benzene rings is 1. The number of hydrogen-bond donors (Lipinski definition) is 2. The fourth-order valence-corrected chi connectivity index (χ4v) is 1.68. The second-order valence-corrected chi connectivity index (χ2v) is 4.00. The molecule has 0 radical (unpaired) electrons. The zero-order chi connectivity index (χ0) is 13.5.